The molecule has 2 rings (SSSR count). The largest absolute Gasteiger partial charge is 0.481 e. The molecule has 1 aliphatic heterocycles. The van der Waals surface area contributed by atoms with E-state index in [9.17, 15) is 13.6 Å². The number of nitrogens with zero attached hydrogens (tertiary/aromatic N) is 2. The number of aliphatic carboxylic acids is 1. The standard InChI is InChI=1S/C10H8F2N2O2/c11-10(12)5-1-2-6-9(10)7(14-13-6)3-4-8(15)16/h1-2,5H,3-4H2,(H,15,16). The van der Waals surface area contributed by atoms with Gasteiger partial charge in [-0.1, -0.05) is 6.08 Å². The zero-order valence-electron chi connectivity index (χ0n) is 8.15. The summed E-state index contributed by atoms with van der Waals surface area (Å²) in [6.45, 7) is 0. The van der Waals surface area contributed by atoms with Gasteiger partial charge in [0.25, 0.3) is 5.92 Å². The Labute approximate surface area is 89.7 Å². The van der Waals surface area contributed by atoms with E-state index < -0.39 is 11.9 Å². The molecular weight excluding hydrogens is 218 g/mol. The molecule has 0 aromatic carbocycles. The summed E-state index contributed by atoms with van der Waals surface area (Å²) in [6, 6.07) is 0. The smallest absolute Gasteiger partial charge is 0.303 e. The first-order valence-electron chi connectivity index (χ1n) is 4.65. The van der Waals surface area contributed by atoms with Gasteiger partial charge in [0.05, 0.1) is 23.4 Å². The molecule has 0 spiro atoms. The Kier molecular flexibility index (Phi) is 2.41. The van der Waals surface area contributed by atoms with Crippen molar-refractivity contribution in [2.45, 2.75) is 18.8 Å². The van der Waals surface area contributed by atoms with Gasteiger partial charge in [0.15, 0.2) is 0 Å². The first kappa shape index (κ1) is 10.7. The van der Waals surface area contributed by atoms with Crippen LogP contribution in [-0.2, 0) is 4.79 Å². The average molecular weight is 226 g/mol. The van der Waals surface area contributed by atoms with Gasteiger partial charge in [0.2, 0.25) is 0 Å². The fourth-order valence-corrected chi connectivity index (χ4v) is 1.59. The van der Waals surface area contributed by atoms with Crippen molar-refractivity contribution in [2.75, 3.05) is 0 Å². The minimum atomic E-state index is -3.11. The number of azo groups is 1. The maximum atomic E-state index is 13.5. The minimum absolute atomic E-state index is 0.0328. The molecule has 4 nitrogen and oxygen atoms in total. The molecule has 0 aromatic heterocycles. The van der Waals surface area contributed by atoms with Crippen LogP contribution in [0.2, 0.25) is 0 Å². The number of hydrogen-bond acceptors (Lipinski definition) is 3. The highest BCUT2D eigenvalue weighted by atomic mass is 19.3. The quantitative estimate of drug-likeness (QED) is 0.804. The molecule has 0 radical (unpaired) electrons. The number of hydrogen-bond donors (Lipinski definition) is 1. The molecule has 6 heteroatoms. The first-order valence-corrected chi connectivity index (χ1v) is 4.65. The van der Waals surface area contributed by atoms with Gasteiger partial charge in [0, 0.05) is 6.42 Å². The summed E-state index contributed by atoms with van der Waals surface area (Å²) in [7, 11) is 0. The summed E-state index contributed by atoms with van der Waals surface area (Å²) in [5, 5.41) is 15.7. The van der Waals surface area contributed by atoms with E-state index in [2.05, 4.69) is 10.2 Å². The molecule has 2 aliphatic rings. The Morgan fingerprint density at radius 3 is 2.88 bits per heavy atom. The van der Waals surface area contributed by atoms with Crippen molar-refractivity contribution >= 4 is 5.97 Å². The van der Waals surface area contributed by atoms with Crippen LogP contribution in [0, 0.1) is 0 Å². The van der Waals surface area contributed by atoms with E-state index in [1.807, 2.05) is 0 Å². The van der Waals surface area contributed by atoms with Crippen molar-refractivity contribution in [1.29, 1.82) is 0 Å². The highest BCUT2D eigenvalue weighted by molar-refractivity contribution is 5.67. The monoisotopic (exact) mass is 226 g/mol. The lowest BCUT2D eigenvalue weighted by Gasteiger charge is -2.17. The lowest BCUT2D eigenvalue weighted by molar-refractivity contribution is -0.136. The molecule has 0 aromatic rings. The Hall–Kier alpha value is -1.85. The fourth-order valence-electron chi connectivity index (χ4n) is 1.59. The van der Waals surface area contributed by atoms with E-state index in [0.717, 1.165) is 6.08 Å². The van der Waals surface area contributed by atoms with Gasteiger partial charge < -0.3 is 5.11 Å². The summed E-state index contributed by atoms with van der Waals surface area (Å²) in [6.07, 6.45) is 3.14. The number of carbonyl (C=O) groups is 1. The maximum Gasteiger partial charge on any atom is 0.303 e. The van der Waals surface area contributed by atoms with Crippen molar-refractivity contribution in [2.24, 2.45) is 10.2 Å². The number of halogens is 2. The zero-order valence-corrected chi connectivity index (χ0v) is 8.15. The maximum absolute atomic E-state index is 13.5. The molecule has 1 aliphatic carbocycles. The number of alkyl halides is 2. The number of carboxylic acids is 1. The van der Waals surface area contributed by atoms with E-state index in [1.54, 1.807) is 0 Å². The highest BCUT2D eigenvalue weighted by Gasteiger charge is 2.40. The van der Waals surface area contributed by atoms with Gasteiger partial charge in [-0.3, -0.25) is 4.79 Å². The highest BCUT2D eigenvalue weighted by Crippen LogP contribution is 2.42. The molecule has 84 valence electrons. The van der Waals surface area contributed by atoms with Crippen molar-refractivity contribution in [3.63, 3.8) is 0 Å². The summed E-state index contributed by atoms with van der Waals surface area (Å²) in [5.41, 5.74) is -0.0906. The average Bonchev–Trinajstić information content (AvgIpc) is 2.59. The third kappa shape index (κ3) is 1.78. The van der Waals surface area contributed by atoms with Crippen LogP contribution in [-0.4, -0.2) is 17.0 Å². The van der Waals surface area contributed by atoms with E-state index in [4.69, 9.17) is 5.11 Å². The van der Waals surface area contributed by atoms with Crippen molar-refractivity contribution < 1.29 is 18.7 Å². The molecule has 16 heavy (non-hydrogen) atoms. The van der Waals surface area contributed by atoms with Crippen LogP contribution in [0.25, 0.3) is 0 Å². The van der Waals surface area contributed by atoms with Gasteiger partial charge in [0.1, 0.15) is 0 Å². The van der Waals surface area contributed by atoms with E-state index >= 15 is 0 Å². The van der Waals surface area contributed by atoms with Crippen LogP contribution < -0.4 is 0 Å². The molecule has 1 N–H and O–H groups in total. The molecule has 0 saturated carbocycles. The normalized spacial score (nSPS) is 21.0. The summed E-state index contributed by atoms with van der Waals surface area (Å²) < 4.78 is 27.0. The van der Waals surface area contributed by atoms with Gasteiger partial charge >= 0.3 is 5.97 Å². The van der Waals surface area contributed by atoms with Gasteiger partial charge in [-0.15, -0.1) is 0 Å². The first-order chi connectivity index (χ1) is 7.50. The molecule has 0 amide bonds. The fraction of sp³-hybridized carbons (Fsp3) is 0.300. The summed E-state index contributed by atoms with van der Waals surface area (Å²) >= 11 is 0. The second kappa shape index (κ2) is 3.62. The second-order valence-electron chi connectivity index (χ2n) is 3.45. The Morgan fingerprint density at radius 1 is 1.44 bits per heavy atom. The number of fused-ring (bicyclic) bond motifs is 1. The van der Waals surface area contributed by atoms with Crippen molar-refractivity contribution in [3.05, 3.63) is 35.2 Å². The Balaban J connectivity index is 2.30. The lowest BCUT2D eigenvalue weighted by Crippen LogP contribution is -2.19. The van der Waals surface area contributed by atoms with Crippen LogP contribution in [0.3, 0.4) is 0 Å². The molecule has 1 heterocycles. The van der Waals surface area contributed by atoms with Gasteiger partial charge in [-0.2, -0.15) is 19.0 Å². The van der Waals surface area contributed by atoms with Crippen LogP contribution in [0.15, 0.2) is 45.4 Å². The number of carboxylic acid groups (broad SMARTS) is 1. The predicted molar refractivity (Wildman–Crippen MR) is 50.9 cm³/mol. The number of rotatable bonds is 3. The lowest BCUT2D eigenvalue weighted by atomic mass is 9.97. The van der Waals surface area contributed by atoms with Crippen LogP contribution in [0.1, 0.15) is 12.8 Å². The van der Waals surface area contributed by atoms with Crippen LogP contribution >= 0.6 is 0 Å². The Bertz CT molecular complexity index is 461. The molecule has 0 unspecified atom stereocenters. The predicted octanol–water partition coefficient (Wildman–Crippen LogP) is 2.66. The topological polar surface area (TPSA) is 62.0 Å². The zero-order chi connectivity index (χ0) is 11.8. The van der Waals surface area contributed by atoms with Crippen LogP contribution in [0.4, 0.5) is 8.78 Å². The third-order valence-electron chi connectivity index (χ3n) is 2.29. The van der Waals surface area contributed by atoms with Gasteiger partial charge in [-0.05, 0) is 12.2 Å². The minimum Gasteiger partial charge on any atom is -0.481 e. The molecule has 0 bridgehead atoms. The summed E-state index contributed by atoms with van der Waals surface area (Å²) in [4.78, 5) is 10.4. The SMILES string of the molecule is O=C(O)CCC1=C2C(=CC=CC2(F)F)N=N1. The molecule has 0 fully saturated rings. The molecule has 0 saturated heterocycles. The van der Waals surface area contributed by atoms with Gasteiger partial charge in [-0.25, -0.2) is 0 Å². The van der Waals surface area contributed by atoms with Crippen molar-refractivity contribution in [3.8, 4) is 0 Å². The van der Waals surface area contributed by atoms with E-state index in [0.29, 0.717) is 0 Å². The van der Waals surface area contributed by atoms with E-state index in [-0.39, 0.29) is 29.8 Å². The van der Waals surface area contributed by atoms with Crippen LogP contribution in [0.5, 0.6) is 0 Å². The molecular formula is C10H8F2N2O2. The van der Waals surface area contributed by atoms with Crippen molar-refractivity contribution in [1.82, 2.24) is 0 Å². The van der Waals surface area contributed by atoms with E-state index in [1.165, 1.54) is 12.2 Å². The Morgan fingerprint density at radius 2 is 2.19 bits per heavy atom. The molecule has 0 atom stereocenters. The third-order valence-corrected chi connectivity index (χ3v) is 2.29. The second-order valence-corrected chi connectivity index (χ2v) is 3.45. The number of allylic oxidation sites excluding steroid dienone is 5. The summed E-state index contributed by atoms with van der Waals surface area (Å²) in [5.74, 6) is -4.16.